The van der Waals surface area contributed by atoms with Gasteiger partial charge in [-0.3, -0.25) is 0 Å². The number of hydrogen-bond acceptors (Lipinski definition) is 3. The minimum absolute atomic E-state index is 0.731. The topological polar surface area (TPSA) is 18.5 Å². The molecule has 1 aliphatic rings. The van der Waals surface area contributed by atoms with Crippen LogP contribution in [0.3, 0.4) is 0 Å². The van der Waals surface area contributed by atoms with Crippen LogP contribution in [0.15, 0.2) is 0 Å². The zero-order valence-electron chi connectivity index (χ0n) is 8.51. The maximum absolute atomic E-state index is 3.42. The second kappa shape index (κ2) is 4.80. The Labute approximate surface area is 75.7 Å². The van der Waals surface area contributed by atoms with Crippen LogP contribution >= 0.6 is 0 Å². The molecule has 0 aliphatic carbocycles. The molecule has 1 rings (SSSR count). The van der Waals surface area contributed by atoms with Gasteiger partial charge in [-0.25, -0.2) is 0 Å². The van der Waals surface area contributed by atoms with Crippen molar-refractivity contribution in [2.45, 2.75) is 12.5 Å². The third-order valence-corrected chi connectivity index (χ3v) is 2.49. The van der Waals surface area contributed by atoms with E-state index in [-0.39, 0.29) is 0 Å². The first kappa shape index (κ1) is 9.96. The van der Waals surface area contributed by atoms with Crippen LogP contribution in [0.2, 0.25) is 0 Å². The molecule has 0 bridgehead atoms. The van der Waals surface area contributed by atoms with Gasteiger partial charge in [-0.05, 0) is 34.1 Å². The van der Waals surface area contributed by atoms with Crippen molar-refractivity contribution in [3.8, 4) is 0 Å². The Bertz CT molecular complexity index is 125. The van der Waals surface area contributed by atoms with Crippen molar-refractivity contribution < 1.29 is 0 Å². The van der Waals surface area contributed by atoms with E-state index in [0.29, 0.717) is 0 Å². The van der Waals surface area contributed by atoms with Gasteiger partial charge in [-0.15, -0.1) is 0 Å². The molecule has 3 heteroatoms. The third-order valence-electron chi connectivity index (χ3n) is 2.49. The summed E-state index contributed by atoms with van der Waals surface area (Å²) in [6, 6.07) is 0.731. The SMILES string of the molecule is CN(C)CC1CCNCCN1C. The molecular weight excluding hydrogens is 150 g/mol. The molecule has 1 aliphatic heterocycles. The van der Waals surface area contributed by atoms with Gasteiger partial charge in [-0.2, -0.15) is 0 Å². The van der Waals surface area contributed by atoms with E-state index in [1.807, 2.05) is 0 Å². The summed E-state index contributed by atoms with van der Waals surface area (Å²) in [5.74, 6) is 0. The summed E-state index contributed by atoms with van der Waals surface area (Å²) in [4.78, 5) is 4.73. The first-order valence-electron chi connectivity index (χ1n) is 4.76. The van der Waals surface area contributed by atoms with Gasteiger partial charge in [0.05, 0.1) is 0 Å². The molecule has 1 unspecified atom stereocenters. The zero-order chi connectivity index (χ0) is 8.97. The van der Waals surface area contributed by atoms with Gasteiger partial charge in [0.25, 0.3) is 0 Å². The third kappa shape index (κ3) is 3.09. The fourth-order valence-electron chi connectivity index (χ4n) is 1.70. The van der Waals surface area contributed by atoms with Gasteiger partial charge >= 0.3 is 0 Å². The maximum Gasteiger partial charge on any atom is 0.0232 e. The second-order valence-electron chi connectivity index (χ2n) is 3.94. The van der Waals surface area contributed by atoms with E-state index in [1.54, 1.807) is 0 Å². The molecule has 0 aromatic carbocycles. The molecule has 1 heterocycles. The quantitative estimate of drug-likeness (QED) is 0.623. The van der Waals surface area contributed by atoms with E-state index in [0.717, 1.165) is 12.6 Å². The molecule has 12 heavy (non-hydrogen) atoms. The molecule has 1 atom stereocenters. The Balaban J connectivity index is 2.36. The van der Waals surface area contributed by atoms with Crippen molar-refractivity contribution in [2.24, 2.45) is 0 Å². The number of nitrogens with zero attached hydrogens (tertiary/aromatic N) is 2. The van der Waals surface area contributed by atoms with Gasteiger partial charge in [0.2, 0.25) is 0 Å². The minimum Gasteiger partial charge on any atom is -0.315 e. The molecular formula is C9H21N3. The van der Waals surface area contributed by atoms with E-state index in [4.69, 9.17) is 0 Å². The molecule has 1 N–H and O–H groups in total. The summed E-state index contributed by atoms with van der Waals surface area (Å²) in [6.07, 6.45) is 1.27. The molecule has 0 aromatic heterocycles. The van der Waals surface area contributed by atoms with Crippen LogP contribution in [0.4, 0.5) is 0 Å². The highest BCUT2D eigenvalue weighted by Crippen LogP contribution is 2.04. The van der Waals surface area contributed by atoms with E-state index in [1.165, 1.54) is 26.1 Å². The van der Waals surface area contributed by atoms with Crippen molar-refractivity contribution in [3.05, 3.63) is 0 Å². The Morgan fingerprint density at radius 2 is 2.17 bits per heavy atom. The lowest BCUT2D eigenvalue weighted by Gasteiger charge is -2.27. The molecule has 0 radical (unpaired) electrons. The Morgan fingerprint density at radius 3 is 2.83 bits per heavy atom. The van der Waals surface area contributed by atoms with Crippen LogP contribution < -0.4 is 5.32 Å². The lowest BCUT2D eigenvalue weighted by Crippen LogP contribution is -2.39. The van der Waals surface area contributed by atoms with Gasteiger partial charge in [-0.1, -0.05) is 0 Å². The summed E-state index contributed by atoms with van der Waals surface area (Å²) in [5.41, 5.74) is 0. The van der Waals surface area contributed by atoms with E-state index in [2.05, 4.69) is 36.3 Å². The minimum atomic E-state index is 0.731. The smallest absolute Gasteiger partial charge is 0.0232 e. The summed E-state index contributed by atoms with van der Waals surface area (Å²) in [6.45, 7) is 4.67. The van der Waals surface area contributed by atoms with E-state index < -0.39 is 0 Å². The molecule has 0 amide bonds. The monoisotopic (exact) mass is 171 g/mol. The van der Waals surface area contributed by atoms with Crippen LogP contribution in [0.25, 0.3) is 0 Å². The summed E-state index contributed by atoms with van der Waals surface area (Å²) < 4.78 is 0. The van der Waals surface area contributed by atoms with Gasteiger partial charge < -0.3 is 15.1 Å². The van der Waals surface area contributed by atoms with E-state index >= 15 is 0 Å². The molecule has 0 saturated carbocycles. The van der Waals surface area contributed by atoms with Crippen LogP contribution in [0.1, 0.15) is 6.42 Å². The molecule has 0 aromatic rings. The first-order chi connectivity index (χ1) is 5.70. The Kier molecular flexibility index (Phi) is 3.98. The highest BCUT2D eigenvalue weighted by Gasteiger charge is 2.17. The van der Waals surface area contributed by atoms with Crippen molar-refractivity contribution in [2.75, 3.05) is 47.3 Å². The summed E-state index contributed by atoms with van der Waals surface area (Å²) in [7, 11) is 6.51. The Hall–Kier alpha value is -0.120. The molecule has 0 spiro atoms. The van der Waals surface area contributed by atoms with Crippen LogP contribution in [0, 0.1) is 0 Å². The highest BCUT2D eigenvalue weighted by atomic mass is 15.2. The number of hydrogen-bond donors (Lipinski definition) is 1. The van der Waals surface area contributed by atoms with E-state index in [9.17, 15) is 0 Å². The second-order valence-corrected chi connectivity index (χ2v) is 3.94. The lowest BCUT2D eigenvalue weighted by atomic mass is 10.2. The van der Waals surface area contributed by atoms with Crippen LogP contribution in [-0.2, 0) is 0 Å². The zero-order valence-corrected chi connectivity index (χ0v) is 8.51. The van der Waals surface area contributed by atoms with Crippen molar-refractivity contribution in [3.63, 3.8) is 0 Å². The first-order valence-corrected chi connectivity index (χ1v) is 4.76. The van der Waals surface area contributed by atoms with Gasteiger partial charge in [0, 0.05) is 25.7 Å². The molecule has 1 fully saturated rings. The van der Waals surface area contributed by atoms with Crippen LogP contribution in [-0.4, -0.2) is 63.2 Å². The van der Waals surface area contributed by atoms with Gasteiger partial charge in [0.15, 0.2) is 0 Å². The van der Waals surface area contributed by atoms with Crippen molar-refractivity contribution in [1.29, 1.82) is 0 Å². The maximum atomic E-state index is 3.42. The average molecular weight is 171 g/mol. The lowest BCUT2D eigenvalue weighted by molar-refractivity contribution is 0.203. The largest absolute Gasteiger partial charge is 0.315 e. The number of nitrogens with one attached hydrogen (secondary N) is 1. The van der Waals surface area contributed by atoms with Crippen molar-refractivity contribution >= 4 is 0 Å². The summed E-state index contributed by atoms with van der Waals surface area (Å²) >= 11 is 0. The predicted molar refractivity (Wildman–Crippen MR) is 52.5 cm³/mol. The standard InChI is InChI=1S/C9H21N3/c1-11(2)8-9-4-5-10-6-7-12(9)3/h9-10H,4-8H2,1-3H3. The molecule has 1 saturated heterocycles. The Morgan fingerprint density at radius 1 is 1.42 bits per heavy atom. The predicted octanol–water partition coefficient (Wildman–Crippen LogP) is -0.158. The number of likely N-dealkylation sites (N-methyl/N-ethyl adjacent to an activating group) is 2. The molecule has 3 nitrogen and oxygen atoms in total. The summed E-state index contributed by atoms with van der Waals surface area (Å²) in [5, 5.41) is 3.42. The molecule has 72 valence electrons. The number of rotatable bonds is 2. The van der Waals surface area contributed by atoms with Crippen LogP contribution in [0.5, 0.6) is 0 Å². The normalized spacial score (nSPS) is 27.5. The fraction of sp³-hybridized carbons (Fsp3) is 1.00. The van der Waals surface area contributed by atoms with Gasteiger partial charge in [0.1, 0.15) is 0 Å². The fourth-order valence-corrected chi connectivity index (χ4v) is 1.70. The van der Waals surface area contributed by atoms with Crippen molar-refractivity contribution in [1.82, 2.24) is 15.1 Å². The highest BCUT2D eigenvalue weighted by molar-refractivity contribution is 4.76. The average Bonchev–Trinajstić information content (AvgIpc) is 2.16.